The van der Waals surface area contributed by atoms with Crippen LogP contribution in [0.4, 0.5) is 0 Å². The number of hydrogen-bond acceptors (Lipinski definition) is 2. The number of carbonyl (C=O) groups is 1. The number of fused-ring (bicyclic) bond motifs is 1. The van der Waals surface area contributed by atoms with Crippen LogP contribution in [0.1, 0.15) is 29.8 Å². The van der Waals surface area contributed by atoms with Gasteiger partial charge in [-0.15, -0.1) is 0 Å². The maximum Gasteiger partial charge on any atom is 0.255 e. The quantitative estimate of drug-likeness (QED) is 0.859. The van der Waals surface area contributed by atoms with Crippen molar-refractivity contribution in [3.05, 3.63) is 33.8 Å². The molecule has 0 saturated carbocycles. The van der Waals surface area contributed by atoms with Crippen molar-refractivity contribution < 1.29 is 9.53 Å². The van der Waals surface area contributed by atoms with E-state index in [9.17, 15) is 4.79 Å². The molecule has 0 N–H and O–H groups in total. The number of benzene rings is 1. The molecule has 0 unspecified atom stereocenters. The molecule has 1 aliphatic heterocycles. The van der Waals surface area contributed by atoms with E-state index < -0.39 is 0 Å². The maximum atomic E-state index is 12.3. The lowest BCUT2D eigenvalue weighted by Crippen LogP contribution is -2.41. The van der Waals surface area contributed by atoms with Gasteiger partial charge in [0.05, 0.1) is 12.1 Å². The fraction of sp³-hybridized carbons (Fsp3) is 0.462. The highest BCUT2D eigenvalue weighted by molar-refractivity contribution is 9.10. The van der Waals surface area contributed by atoms with E-state index in [1.165, 1.54) is 0 Å². The molecule has 1 amide bonds. The monoisotopic (exact) mass is 297 g/mol. The zero-order valence-electron chi connectivity index (χ0n) is 10.3. The fourth-order valence-electron chi connectivity index (χ4n) is 2.34. The van der Waals surface area contributed by atoms with Crippen LogP contribution < -0.4 is 0 Å². The van der Waals surface area contributed by atoms with Gasteiger partial charge in [0.1, 0.15) is 0 Å². The van der Waals surface area contributed by atoms with Crippen LogP contribution in [-0.2, 0) is 10.3 Å². The number of ether oxygens (including phenoxy) is 1. The van der Waals surface area contributed by atoms with Gasteiger partial charge in [-0.1, -0.05) is 22.0 Å². The number of methoxy groups -OCH3 is 1. The molecule has 1 heterocycles. The molecule has 0 aliphatic carbocycles. The van der Waals surface area contributed by atoms with E-state index >= 15 is 0 Å². The van der Waals surface area contributed by atoms with Gasteiger partial charge in [0.25, 0.3) is 5.91 Å². The zero-order valence-corrected chi connectivity index (χ0v) is 11.9. The Balaban J connectivity index is 2.41. The van der Waals surface area contributed by atoms with Gasteiger partial charge >= 0.3 is 0 Å². The van der Waals surface area contributed by atoms with Crippen molar-refractivity contribution in [2.45, 2.75) is 19.4 Å². The predicted molar refractivity (Wildman–Crippen MR) is 70.1 cm³/mol. The molecule has 0 bridgehead atoms. The van der Waals surface area contributed by atoms with E-state index in [1.54, 1.807) is 7.11 Å². The minimum absolute atomic E-state index is 0.0864. The summed E-state index contributed by atoms with van der Waals surface area (Å²) in [5, 5.41) is 0. The Bertz CT molecular complexity index is 457. The molecule has 0 atom stereocenters. The third-order valence-electron chi connectivity index (χ3n) is 3.31. The van der Waals surface area contributed by atoms with Crippen LogP contribution in [0.3, 0.4) is 0 Å². The smallest absolute Gasteiger partial charge is 0.255 e. The minimum Gasteiger partial charge on any atom is -0.383 e. The molecule has 0 radical (unpaired) electrons. The van der Waals surface area contributed by atoms with Gasteiger partial charge in [-0.3, -0.25) is 4.79 Å². The Hall–Kier alpha value is -0.870. The first-order chi connectivity index (χ1) is 7.98. The highest BCUT2D eigenvalue weighted by Crippen LogP contribution is 2.39. The summed E-state index contributed by atoms with van der Waals surface area (Å²) in [5.74, 6) is 0.0864. The number of rotatable bonds is 3. The van der Waals surface area contributed by atoms with Gasteiger partial charge in [0.15, 0.2) is 0 Å². The largest absolute Gasteiger partial charge is 0.383 e. The zero-order chi connectivity index (χ0) is 12.6. The standard InChI is InChI=1S/C13H16BrNO2/c1-13(2)11-5-4-9(14)8-10(11)12(16)15(13)6-7-17-3/h4-5,8H,6-7H2,1-3H3. The van der Waals surface area contributed by atoms with Gasteiger partial charge in [-0.05, 0) is 31.5 Å². The molecule has 3 nitrogen and oxygen atoms in total. The first kappa shape index (κ1) is 12.6. The Kier molecular flexibility index (Phi) is 3.27. The molecule has 0 fully saturated rings. The molecule has 1 aliphatic rings. The molecule has 0 saturated heterocycles. The molecule has 1 aromatic carbocycles. The third-order valence-corrected chi connectivity index (χ3v) is 3.80. The first-order valence-corrected chi connectivity index (χ1v) is 6.38. The Morgan fingerprint density at radius 2 is 2.12 bits per heavy atom. The Morgan fingerprint density at radius 1 is 1.41 bits per heavy atom. The summed E-state index contributed by atoms with van der Waals surface area (Å²) in [6.45, 7) is 5.32. The van der Waals surface area contributed by atoms with Gasteiger partial charge in [-0.25, -0.2) is 0 Å². The average Bonchev–Trinajstić information content (AvgIpc) is 2.45. The highest BCUT2D eigenvalue weighted by Gasteiger charge is 2.42. The molecular weight excluding hydrogens is 282 g/mol. The number of amides is 1. The van der Waals surface area contributed by atoms with Crippen molar-refractivity contribution in [1.29, 1.82) is 0 Å². The third kappa shape index (κ3) is 2.00. The highest BCUT2D eigenvalue weighted by atomic mass is 79.9. The molecular formula is C13H16BrNO2. The van der Waals surface area contributed by atoms with Crippen molar-refractivity contribution in [1.82, 2.24) is 4.90 Å². The maximum absolute atomic E-state index is 12.3. The SMILES string of the molecule is COCCN1C(=O)c2cc(Br)ccc2C1(C)C. The van der Waals surface area contributed by atoms with Gasteiger partial charge in [-0.2, -0.15) is 0 Å². The van der Waals surface area contributed by atoms with Crippen LogP contribution in [0.5, 0.6) is 0 Å². The molecule has 0 aromatic heterocycles. The second-order valence-electron chi connectivity index (χ2n) is 4.70. The van der Waals surface area contributed by atoms with Crippen molar-refractivity contribution in [3.63, 3.8) is 0 Å². The normalized spacial score (nSPS) is 17.4. The van der Waals surface area contributed by atoms with Crippen LogP contribution in [0, 0.1) is 0 Å². The van der Waals surface area contributed by atoms with E-state index in [2.05, 4.69) is 29.8 Å². The lowest BCUT2D eigenvalue weighted by molar-refractivity contribution is 0.0522. The van der Waals surface area contributed by atoms with Crippen LogP contribution in [0.25, 0.3) is 0 Å². The van der Waals surface area contributed by atoms with Crippen molar-refractivity contribution in [2.24, 2.45) is 0 Å². The molecule has 0 spiro atoms. The van der Waals surface area contributed by atoms with E-state index in [4.69, 9.17) is 4.74 Å². The molecule has 17 heavy (non-hydrogen) atoms. The van der Waals surface area contributed by atoms with E-state index in [-0.39, 0.29) is 11.4 Å². The summed E-state index contributed by atoms with van der Waals surface area (Å²) in [5.41, 5.74) is 1.62. The van der Waals surface area contributed by atoms with Gasteiger partial charge in [0.2, 0.25) is 0 Å². The predicted octanol–water partition coefficient (Wildman–Crippen LogP) is 2.79. The molecule has 1 aromatic rings. The van der Waals surface area contributed by atoms with E-state index in [1.807, 2.05) is 23.1 Å². The number of hydrogen-bond donors (Lipinski definition) is 0. The Labute approximate surface area is 110 Å². The fourth-order valence-corrected chi connectivity index (χ4v) is 2.70. The van der Waals surface area contributed by atoms with Crippen molar-refractivity contribution >= 4 is 21.8 Å². The van der Waals surface area contributed by atoms with Crippen molar-refractivity contribution in [2.75, 3.05) is 20.3 Å². The van der Waals surface area contributed by atoms with E-state index in [0.29, 0.717) is 13.2 Å². The lowest BCUT2D eigenvalue weighted by atomic mass is 9.94. The molecule has 92 valence electrons. The lowest BCUT2D eigenvalue weighted by Gasteiger charge is -2.32. The molecule has 2 rings (SSSR count). The summed E-state index contributed by atoms with van der Waals surface area (Å²) in [7, 11) is 1.65. The van der Waals surface area contributed by atoms with Gasteiger partial charge in [0, 0.05) is 23.7 Å². The summed E-state index contributed by atoms with van der Waals surface area (Å²) < 4.78 is 6.00. The average molecular weight is 298 g/mol. The van der Waals surface area contributed by atoms with Crippen LogP contribution in [-0.4, -0.2) is 31.1 Å². The van der Waals surface area contributed by atoms with Crippen LogP contribution in [0.2, 0.25) is 0 Å². The molecule has 4 heteroatoms. The summed E-state index contributed by atoms with van der Waals surface area (Å²) in [6.07, 6.45) is 0. The number of carbonyl (C=O) groups excluding carboxylic acids is 1. The summed E-state index contributed by atoms with van der Waals surface area (Å²) in [6, 6.07) is 5.89. The Morgan fingerprint density at radius 3 is 2.76 bits per heavy atom. The van der Waals surface area contributed by atoms with Crippen molar-refractivity contribution in [3.8, 4) is 0 Å². The second kappa shape index (κ2) is 4.42. The summed E-state index contributed by atoms with van der Waals surface area (Å²) in [4.78, 5) is 14.2. The van der Waals surface area contributed by atoms with Crippen LogP contribution in [0.15, 0.2) is 22.7 Å². The number of nitrogens with zero attached hydrogens (tertiary/aromatic N) is 1. The summed E-state index contributed by atoms with van der Waals surface area (Å²) >= 11 is 3.41. The topological polar surface area (TPSA) is 29.5 Å². The minimum atomic E-state index is -0.258. The van der Waals surface area contributed by atoms with E-state index in [0.717, 1.165) is 15.6 Å². The second-order valence-corrected chi connectivity index (χ2v) is 5.61. The number of halogens is 1. The van der Waals surface area contributed by atoms with Crippen LogP contribution >= 0.6 is 15.9 Å². The first-order valence-electron chi connectivity index (χ1n) is 5.59. The van der Waals surface area contributed by atoms with Gasteiger partial charge < -0.3 is 9.64 Å².